The van der Waals surface area contributed by atoms with Gasteiger partial charge < -0.3 is 15.0 Å². The summed E-state index contributed by atoms with van der Waals surface area (Å²) in [6.45, 7) is 0.403. The fraction of sp³-hybridized carbons (Fsp3) is 0.286. The summed E-state index contributed by atoms with van der Waals surface area (Å²) >= 11 is 0. The lowest BCUT2D eigenvalue weighted by Crippen LogP contribution is -2.39. The number of aromatic nitrogens is 1. The van der Waals surface area contributed by atoms with Crippen molar-refractivity contribution in [1.29, 1.82) is 0 Å². The molecule has 4 nitrogen and oxygen atoms in total. The lowest BCUT2D eigenvalue weighted by molar-refractivity contribution is -0.122. The number of fused-ring (bicyclic) bond motifs is 3. The van der Waals surface area contributed by atoms with Gasteiger partial charge in [0.2, 0.25) is 5.91 Å². The van der Waals surface area contributed by atoms with E-state index in [1.807, 2.05) is 30.3 Å². The molecule has 4 rings (SSSR count). The van der Waals surface area contributed by atoms with Crippen LogP contribution in [0, 0.1) is 0 Å². The van der Waals surface area contributed by atoms with Crippen molar-refractivity contribution in [3.63, 3.8) is 0 Å². The standard InChI is InChI=1S/C21H22N2O2/c24-21(12-13-25-16-6-2-1-3-7-16)22-15-10-11-18-17-8-4-5-9-19(17)23-20(18)14-15/h1-9,15,23H,10-14H2,(H,22,24). The first-order chi connectivity index (χ1) is 12.3. The summed E-state index contributed by atoms with van der Waals surface area (Å²) in [5, 5.41) is 4.47. The number of para-hydroxylation sites is 2. The van der Waals surface area contributed by atoms with Gasteiger partial charge in [0.15, 0.2) is 0 Å². The summed E-state index contributed by atoms with van der Waals surface area (Å²) in [7, 11) is 0. The highest BCUT2D eigenvalue weighted by Gasteiger charge is 2.23. The van der Waals surface area contributed by atoms with E-state index in [1.54, 1.807) is 0 Å². The molecule has 1 aliphatic carbocycles. The maximum atomic E-state index is 12.2. The minimum absolute atomic E-state index is 0.0560. The molecule has 0 spiro atoms. The van der Waals surface area contributed by atoms with Crippen molar-refractivity contribution in [2.45, 2.75) is 31.7 Å². The second-order valence-electron chi connectivity index (χ2n) is 6.55. The molecule has 0 fully saturated rings. The minimum Gasteiger partial charge on any atom is -0.493 e. The molecule has 1 aliphatic rings. The van der Waals surface area contributed by atoms with Crippen LogP contribution in [0.15, 0.2) is 54.6 Å². The number of H-pyrrole nitrogens is 1. The number of carbonyl (C=O) groups is 1. The van der Waals surface area contributed by atoms with Gasteiger partial charge in [-0.1, -0.05) is 36.4 Å². The fourth-order valence-electron chi connectivity index (χ4n) is 3.58. The highest BCUT2D eigenvalue weighted by Crippen LogP contribution is 2.29. The zero-order valence-corrected chi connectivity index (χ0v) is 14.1. The van der Waals surface area contributed by atoms with Crippen LogP contribution in [0.2, 0.25) is 0 Å². The van der Waals surface area contributed by atoms with Crippen LogP contribution in [0.1, 0.15) is 24.1 Å². The Labute approximate surface area is 147 Å². The smallest absolute Gasteiger partial charge is 0.223 e. The Kier molecular flexibility index (Phi) is 4.42. The zero-order chi connectivity index (χ0) is 17.1. The van der Waals surface area contributed by atoms with Crippen molar-refractivity contribution >= 4 is 16.8 Å². The average molecular weight is 334 g/mol. The van der Waals surface area contributed by atoms with E-state index < -0.39 is 0 Å². The summed E-state index contributed by atoms with van der Waals surface area (Å²) in [5.74, 6) is 0.858. The summed E-state index contributed by atoms with van der Waals surface area (Å²) in [5.41, 5.74) is 3.86. The summed E-state index contributed by atoms with van der Waals surface area (Å²) in [6, 6.07) is 18.2. The first kappa shape index (κ1) is 15.8. The summed E-state index contributed by atoms with van der Waals surface area (Å²) in [6.07, 6.45) is 3.24. The van der Waals surface area contributed by atoms with Crippen LogP contribution < -0.4 is 10.1 Å². The van der Waals surface area contributed by atoms with Crippen LogP contribution in [-0.2, 0) is 17.6 Å². The van der Waals surface area contributed by atoms with Crippen LogP contribution in [-0.4, -0.2) is 23.5 Å². The monoisotopic (exact) mass is 334 g/mol. The van der Waals surface area contributed by atoms with Crippen molar-refractivity contribution < 1.29 is 9.53 Å². The lowest BCUT2D eigenvalue weighted by Gasteiger charge is -2.23. The molecule has 0 aliphatic heterocycles. The van der Waals surface area contributed by atoms with Crippen LogP contribution >= 0.6 is 0 Å². The molecule has 3 aromatic rings. The van der Waals surface area contributed by atoms with Crippen LogP contribution in [0.5, 0.6) is 5.75 Å². The highest BCUT2D eigenvalue weighted by molar-refractivity contribution is 5.85. The van der Waals surface area contributed by atoms with Gasteiger partial charge in [-0.3, -0.25) is 4.79 Å². The number of benzene rings is 2. The number of hydrogen-bond acceptors (Lipinski definition) is 2. The Morgan fingerprint density at radius 2 is 1.92 bits per heavy atom. The molecule has 0 radical (unpaired) electrons. The van der Waals surface area contributed by atoms with E-state index in [1.165, 1.54) is 22.2 Å². The molecule has 0 saturated carbocycles. The maximum Gasteiger partial charge on any atom is 0.223 e. The normalized spacial score (nSPS) is 16.4. The molecule has 1 atom stereocenters. The molecule has 0 saturated heterocycles. The van der Waals surface area contributed by atoms with Crippen molar-refractivity contribution in [3.8, 4) is 5.75 Å². The second kappa shape index (κ2) is 7.01. The van der Waals surface area contributed by atoms with Gasteiger partial charge in [-0.05, 0) is 36.6 Å². The minimum atomic E-state index is 0.0560. The predicted octanol–water partition coefficient (Wildman–Crippen LogP) is 3.61. The van der Waals surface area contributed by atoms with Crippen molar-refractivity contribution in [3.05, 3.63) is 65.9 Å². The van der Waals surface area contributed by atoms with Gasteiger partial charge in [0.25, 0.3) is 0 Å². The Morgan fingerprint density at radius 1 is 1.12 bits per heavy atom. The zero-order valence-electron chi connectivity index (χ0n) is 14.1. The van der Waals surface area contributed by atoms with Crippen LogP contribution in [0.3, 0.4) is 0 Å². The van der Waals surface area contributed by atoms with E-state index in [-0.39, 0.29) is 11.9 Å². The third-order valence-corrected chi connectivity index (χ3v) is 4.80. The molecule has 1 unspecified atom stereocenters. The van der Waals surface area contributed by atoms with Crippen molar-refractivity contribution in [2.75, 3.05) is 6.61 Å². The molecule has 1 amide bonds. The first-order valence-corrected chi connectivity index (χ1v) is 8.85. The molecule has 25 heavy (non-hydrogen) atoms. The molecule has 1 heterocycles. The van der Waals surface area contributed by atoms with E-state index in [2.05, 4.69) is 34.6 Å². The van der Waals surface area contributed by atoms with E-state index >= 15 is 0 Å². The molecular formula is C21H22N2O2. The number of carbonyl (C=O) groups excluding carboxylic acids is 1. The Morgan fingerprint density at radius 3 is 2.80 bits per heavy atom. The molecule has 2 N–H and O–H groups in total. The number of rotatable bonds is 5. The van der Waals surface area contributed by atoms with E-state index in [4.69, 9.17) is 4.74 Å². The van der Waals surface area contributed by atoms with E-state index in [0.29, 0.717) is 13.0 Å². The van der Waals surface area contributed by atoms with Gasteiger partial charge >= 0.3 is 0 Å². The van der Waals surface area contributed by atoms with Crippen molar-refractivity contribution in [1.82, 2.24) is 10.3 Å². The molecule has 0 bridgehead atoms. The third kappa shape index (κ3) is 3.53. The van der Waals surface area contributed by atoms with E-state index in [9.17, 15) is 4.79 Å². The van der Waals surface area contributed by atoms with Crippen LogP contribution in [0.25, 0.3) is 10.9 Å². The topological polar surface area (TPSA) is 54.1 Å². The first-order valence-electron chi connectivity index (χ1n) is 8.85. The lowest BCUT2D eigenvalue weighted by atomic mass is 9.91. The predicted molar refractivity (Wildman–Crippen MR) is 98.8 cm³/mol. The molecule has 4 heteroatoms. The third-order valence-electron chi connectivity index (χ3n) is 4.80. The quantitative estimate of drug-likeness (QED) is 0.749. The Bertz CT molecular complexity index is 870. The van der Waals surface area contributed by atoms with Gasteiger partial charge in [0, 0.05) is 29.1 Å². The molecule has 2 aromatic carbocycles. The van der Waals surface area contributed by atoms with E-state index in [0.717, 1.165) is 25.0 Å². The Hall–Kier alpha value is -2.75. The molecule has 128 valence electrons. The van der Waals surface area contributed by atoms with Gasteiger partial charge in [-0.25, -0.2) is 0 Å². The average Bonchev–Trinajstić information content (AvgIpc) is 3.00. The largest absolute Gasteiger partial charge is 0.493 e. The summed E-state index contributed by atoms with van der Waals surface area (Å²) < 4.78 is 5.59. The maximum absolute atomic E-state index is 12.2. The van der Waals surface area contributed by atoms with Crippen molar-refractivity contribution in [2.24, 2.45) is 0 Å². The number of ether oxygens (including phenoxy) is 1. The number of nitrogens with one attached hydrogen (secondary N) is 2. The number of amides is 1. The van der Waals surface area contributed by atoms with Gasteiger partial charge in [0.1, 0.15) is 5.75 Å². The highest BCUT2D eigenvalue weighted by atomic mass is 16.5. The van der Waals surface area contributed by atoms with Gasteiger partial charge in [0.05, 0.1) is 13.0 Å². The van der Waals surface area contributed by atoms with Gasteiger partial charge in [-0.15, -0.1) is 0 Å². The number of aryl methyl sites for hydroxylation is 1. The number of hydrogen-bond donors (Lipinski definition) is 2. The Balaban J connectivity index is 1.31. The number of aromatic amines is 1. The molecule has 1 aromatic heterocycles. The van der Waals surface area contributed by atoms with Gasteiger partial charge in [-0.2, -0.15) is 0 Å². The fourth-order valence-corrected chi connectivity index (χ4v) is 3.58. The van der Waals surface area contributed by atoms with Crippen LogP contribution in [0.4, 0.5) is 0 Å². The SMILES string of the molecule is O=C(CCOc1ccccc1)NC1CCc2c([nH]c3ccccc23)C1. The second-order valence-corrected chi connectivity index (χ2v) is 6.55. The molecular weight excluding hydrogens is 312 g/mol. The summed E-state index contributed by atoms with van der Waals surface area (Å²) in [4.78, 5) is 15.7.